The number of fused-ring (bicyclic) bond motifs is 1. The van der Waals surface area contributed by atoms with Crippen molar-refractivity contribution in [1.29, 1.82) is 0 Å². The first-order chi connectivity index (χ1) is 14.0. The predicted molar refractivity (Wildman–Crippen MR) is 121 cm³/mol. The molecule has 0 radical (unpaired) electrons. The maximum Gasteiger partial charge on any atom is 0.261 e. The molecule has 0 fully saturated rings. The molecule has 6 heteroatoms. The van der Waals surface area contributed by atoms with Crippen LogP contribution in [0.4, 0.5) is 0 Å². The molecule has 29 heavy (non-hydrogen) atoms. The van der Waals surface area contributed by atoms with Crippen LogP contribution in [0, 0.1) is 0 Å². The molecule has 1 atom stereocenters. The van der Waals surface area contributed by atoms with Gasteiger partial charge in [-0.2, -0.15) is 0 Å². The summed E-state index contributed by atoms with van der Waals surface area (Å²) >= 11 is 6.17. The monoisotopic (exact) mass is 412 g/mol. The molecule has 1 heterocycles. The average molecular weight is 413 g/mol. The van der Waals surface area contributed by atoms with Crippen LogP contribution < -0.4 is 10.9 Å². The van der Waals surface area contributed by atoms with Crippen molar-refractivity contribution in [2.45, 2.75) is 32.4 Å². The van der Waals surface area contributed by atoms with E-state index in [0.717, 1.165) is 37.3 Å². The van der Waals surface area contributed by atoms with E-state index in [1.807, 2.05) is 30.3 Å². The summed E-state index contributed by atoms with van der Waals surface area (Å²) in [7, 11) is 4.15. The van der Waals surface area contributed by atoms with E-state index in [0.29, 0.717) is 22.5 Å². The first-order valence-corrected chi connectivity index (χ1v) is 10.5. The van der Waals surface area contributed by atoms with Gasteiger partial charge in [0.05, 0.1) is 23.5 Å². The summed E-state index contributed by atoms with van der Waals surface area (Å²) in [5.41, 5.74) is 1.70. The fourth-order valence-corrected chi connectivity index (χ4v) is 3.65. The highest BCUT2D eigenvalue weighted by molar-refractivity contribution is 6.31. The smallest absolute Gasteiger partial charge is 0.261 e. The molecule has 0 spiro atoms. The summed E-state index contributed by atoms with van der Waals surface area (Å²) < 4.78 is 1.80. The molecule has 3 rings (SSSR count). The molecule has 0 aliphatic carbocycles. The fraction of sp³-hybridized carbons (Fsp3) is 0.391. The molecular weight excluding hydrogens is 384 g/mol. The van der Waals surface area contributed by atoms with Gasteiger partial charge in [0.25, 0.3) is 5.56 Å². The van der Waals surface area contributed by atoms with E-state index in [-0.39, 0.29) is 11.6 Å². The molecule has 1 N–H and O–H groups in total. The van der Waals surface area contributed by atoms with E-state index >= 15 is 0 Å². The van der Waals surface area contributed by atoms with E-state index in [2.05, 4.69) is 31.2 Å². The van der Waals surface area contributed by atoms with Gasteiger partial charge in [-0.3, -0.25) is 9.36 Å². The van der Waals surface area contributed by atoms with Crippen molar-refractivity contribution in [1.82, 2.24) is 19.8 Å². The predicted octanol–water partition coefficient (Wildman–Crippen LogP) is 4.09. The normalized spacial score (nSPS) is 12.6. The lowest BCUT2D eigenvalue weighted by Gasteiger charge is -2.22. The topological polar surface area (TPSA) is 50.2 Å². The largest absolute Gasteiger partial charge is 0.309 e. The Hall–Kier alpha value is -2.21. The second-order valence-electron chi connectivity index (χ2n) is 7.58. The maximum atomic E-state index is 13.4. The molecule has 0 unspecified atom stereocenters. The zero-order valence-electron chi connectivity index (χ0n) is 17.4. The van der Waals surface area contributed by atoms with Crippen molar-refractivity contribution in [3.05, 3.63) is 75.3 Å². The lowest BCUT2D eigenvalue weighted by atomic mass is 10.1. The highest BCUT2D eigenvalue weighted by Crippen LogP contribution is 2.20. The molecule has 0 saturated heterocycles. The van der Waals surface area contributed by atoms with Gasteiger partial charge in [-0.1, -0.05) is 48.9 Å². The van der Waals surface area contributed by atoms with Gasteiger partial charge in [0.15, 0.2) is 0 Å². The van der Waals surface area contributed by atoms with Gasteiger partial charge in [-0.15, -0.1) is 0 Å². The summed E-state index contributed by atoms with van der Waals surface area (Å²) in [5, 5.41) is 4.77. The number of rotatable bonds is 9. The summed E-state index contributed by atoms with van der Waals surface area (Å²) in [6.07, 6.45) is 1.88. The van der Waals surface area contributed by atoms with Crippen molar-refractivity contribution in [3.8, 4) is 0 Å². The van der Waals surface area contributed by atoms with Crippen LogP contribution >= 0.6 is 11.6 Å². The van der Waals surface area contributed by atoms with E-state index in [1.54, 1.807) is 22.8 Å². The zero-order valence-corrected chi connectivity index (χ0v) is 18.1. The third-order valence-corrected chi connectivity index (χ3v) is 5.26. The molecule has 0 bridgehead atoms. The molecule has 3 aromatic rings. The lowest BCUT2D eigenvalue weighted by molar-refractivity contribution is 0.380. The minimum atomic E-state index is -0.0286. The third-order valence-electron chi connectivity index (χ3n) is 5.02. The fourth-order valence-electron chi connectivity index (χ4n) is 3.49. The van der Waals surface area contributed by atoms with Gasteiger partial charge in [0.2, 0.25) is 0 Å². The Morgan fingerprint density at radius 3 is 2.62 bits per heavy atom. The third kappa shape index (κ3) is 5.44. The van der Waals surface area contributed by atoms with E-state index in [4.69, 9.17) is 16.6 Å². The van der Waals surface area contributed by atoms with Crippen molar-refractivity contribution in [2.75, 3.05) is 27.2 Å². The number of hydrogen-bond donors (Lipinski definition) is 1. The van der Waals surface area contributed by atoms with E-state index < -0.39 is 0 Å². The van der Waals surface area contributed by atoms with Crippen LogP contribution in [0.2, 0.25) is 5.02 Å². The highest BCUT2D eigenvalue weighted by atomic mass is 35.5. The van der Waals surface area contributed by atoms with Crippen LogP contribution in [0.5, 0.6) is 0 Å². The van der Waals surface area contributed by atoms with Crippen LogP contribution in [0.25, 0.3) is 10.9 Å². The van der Waals surface area contributed by atoms with E-state index in [1.165, 1.54) is 0 Å². The molecule has 0 aliphatic heterocycles. The second-order valence-corrected chi connectivity index (χ2v) is 8.02. The minimum Gasteiger partial charge on any atom is -0.309 e. The van der Waals surface area contributed by atoms with Crippen LogP contribution in [-0.4, -0.2) is 41.6 Å². The Balaban J connectivity index is 2.01. The molecule has 2 aromatic carbocycles. The highest BCUT2D eigenvalue weighted by Gasteiger charge is 2.19. The maximum absolute atomic E-state index is 13.4. The van der Waals surface area contributed by atoms with Crippen LogP contribution in [0.15, 0.2) is 53.3 Å². The number of benzene rings is 2. The standard InChI is InChI=1S/C23H29ClN4O/c1-4-20(25-13-8-14-27(2)3)22-26-21-15-18(24)11-12-19(21)23(29)28(22)16-17-9-6-5-7-10-17/h5-7,9-12,15,20,25H,4,8,13-14,16H2,1-3H3/t20-/m1/s1. The van der Waals surface area contributed by atoms with Gasteiger partial charge in [-0.25, -0.2) is 4.98 Å². The number of hydrogen-bond acceptors (Lipinski definition) is 4. The van der Waals surface area contributed by atoms with Crippen LogP contribution in [-0.2, 0) is 6.54 Å². The Bertz CT molecular complexity index is 1000. The zero-order chi connectivity index (χ0) is 20.8. The summed E-state index contributed by atoms with van der Waals surface area (Å²) in [4.78, 5) is 20.4. The van der Waals surface area contributed by atoms with Crippen molar-refractivity contribution >= 4 is 22.5 Å². The van der Waals surface area contributed by atoms with Crippen molar-refractivity contribution in [2.24, 2.45) is 0 Å². The number of nitrogens with zero attached hydrogens (tertiary/aromatic N) is 3. The number of nitrogens with one attached hydrogen (secondary N) is 1. The van der Waals surface area contributed by atoms with Crippen molar-refractivity contribution < 1.29 is 0 Å². The molecule has 0 amide bonds. The van der Waals surface area contributed by atoms with Gasteiger partial charge in [-0.05, 0) is 63.8 Å². The van der Waals surface area contributed by atoms with Crippen molar-refractivity contribution in [3.63, 3.8) is 0 Å². The average Bonchev–Trinajstić information content (AvgIpc) is 2.71. The van der Waals surface area contributed by atoms with Gasteiger partial charge in [0, 0.05) is 5.02 Å². The van der Waals surface area contributed by atoms with Gasteiger partial charge >= 0.3 is 0 Å². The van der Waals surface area contributed by atoms with Gasteiger partial charge < -0.3 is 10.2 Å². The van der Waals surface area contributed by atoms with Gasteiger partial charge in [0.1, 0.15) is 5.82 Å². The number of halogens is 1. The Morgan fingerprint density at radius 1 is 1.17 bits per heavy atom. The molecule has 0 aliphatic rings. The second kappa shape index (κ2) is 10.0. The molecule has 0 saturated carbocycles. The summed E-state index contributed by atoms with van der Waals surface area (Å²) in [6, 6.07) is 15.3. The first kappa shape index (κ1) is 21.5. The summed E-state index contributed by atoms with van der Waals surface area (Å²) in [5.74, 6) is 0.765. The summed E-state index contributed by atoms with van der Waals surface area (Å²) in [6.45, 7) is 4.49. The molecule has 1 aromatic heterocycles. The minimum absolute atomic E-state index is 0.00282. The Kier molecular flexibility index (Phi) is 7.42. The first-order valence-electron chi connectivity index (χ1n) is 10.1. The Labute approximate surface area is 177 Å². The van der Waals surface area contributed by atoms with Crippen LogP contribution in [0.1, 0.15) is 37.2 Å². The Morgan fingerprint density at radius 2 is 1.93 bits per heavy atom. The quantitative estimate of drug-likeness (QED) is 0.538. The molecule has 5 nitrogen and oxygen atoms in total. The van der Waals surface area contributed by atoms with E-state index in [9.17, 15) is 4.79 Å². The SMILES string of the molecule is CC[C@@H](NCCCN(C)C)c1nc2cc(Cl)ccc2c(=O)n1Cc1ccccc1. The lowest BCUT2D eigenvalue weighted by Crippen LogP contribution is -2.33. The molecule has 154 valence electrons. The number of aromatic nitrogens is 2. The van der Waals surface area contributed by atoms with Crippen LogP contribution in [0.3, 0.4) is 0 Å². The molecular formula is C23H29ClN4O.